The van der Waals surface area contributed by atoms with Crippen LogP contribution in [0.4, 0.5) is 11.4 Å². The summed E-state index contributed by atoms with van der Waals surface area (Å²) < 4.78 is 23.8. The Morgan fingerprint density at radius 3 is 2.26 bits per heavy atom. The van der Waals surface area contributed by atoms with Crippen molar-refractivity contribution in [1.29, 1.82) is 5.41 Å². The number of carbonyl (C=O) groups is 1. The van der Waals surface area contributed by atoms with Gasteiger partial charge in [-0.2, -0.15) is 0 Å². The van der Waals surface area contributed by atoms with Gasteiger partial charge in [0.15, 0.2) is 0 Å². The topological polar surface area (TPSA) is 151 Å². The fourth-order valence-electron chi connectivity index (χ4n) is 3.54. The molecule has 0 heterocycles. The number of amides is 1. The molecule has 0 aliphatic heterocycles. The van der Waals surface area contributed by atoms with Crippen LogP contribution in [-0.2, 0) is 14.8 Å². The van der Waals surface area contributed by atoms with E-state index in [-0.39, 0.29) is 35.0 Å². The van der Waals surface area contributed by atoms with Crippen LogP contribution >= 0.6 is 0 Å². The predicted octanol–water partition coefficient (Wildman–Crippen LogP) is 3.75. The van der Waals surface area contributed by atoms with Crippen LogP contribution in [0.5, 0.6) is 0 Å². The van der Waals surface area contributed by atoms with E-state index in [0.717, 1.165) is 5.69 Å². The first-order valence-corrected chi connectivity index (χ1v) is 12.3. The molecule has 3 aromatic rings. The molecule has 3 rings (SSSR count). The van der Waals surface area contributed by atoms with E-state index in [4.69, 9.17) is 16.3 Å². The maximum absolute atomic E-state index is 12.7. The number of hydrogen-bond acceptors (Lipinski definition) is 5. The molecule has 0 aromatic heterocycles. The molecule has 0 radical (unpaired) electrons. The quantitative estimate of drug-likeness (QED) is 0.234. The Morgan fingerprint density at radius 1 is 0.971 bits per heavy atom. The minimum Gasteiger partial charge on any atom is -0.384 e. The number of rotatable bonds is 9. The number of primary sulfonamides is 1. The van der Waals surface area contributed by atoms with Crippen molar-refractivity contribution in [1.82, 2.24) is 0 Å². The Bertz CT molecular complexity index is 1290. The van der Waals surface area contributed by atoms with Crippen molar-refractivity contribution in [2.75, 3.05) is 10.6 Å². The normalized spacial score (nSPS) is 12.2. The molecule has 7 N–H and O–H groups in total. The van der Waals surface area contributed by atoms with Gasteiger partial charge in [0, 0.05) is 35.0 Å². The summed E-state index contributed by atoms with van der Waals surface area (Å²) in [5.74, 6) is -0.00643. The van der Waals surface area contributed by atoms with Crippen molar-refractivity contribution in [3.8, 4) is 11.1 Å². The van der Waals surface area contributed by atoms with Crippen LogP contribution in [-0.4, -0.2) is 26.2 Å². The van der Waals surface area contributed by atoms with Crippen molar-refractivity contribution in [3.05, 3.63) is 78.4 Å². The molecule has 0 aliphatic carbocycles. The van der Waals surface area contributed by atoms with Crippen LogP contribution in [0.25, 0.3) is 11.1 Å². The third-order valence-corrected chi connectivity index (χ3v) is 6.38. The molecule has 1 amide bonds. The van der Waals surface area contributed by atoms with E-state index in [0.29, 0.717) is 22.4 Å². The zero-order valence-corrected chi connectivity index (χ0v) is 19.9. The largest absolute Gasteiger partial charge is 0.384 e. The maximum atomic E-state index is 12.7. The van der Waals surface area contributed by atoms with Gasteiger partial charge in [-0.3, -0.25) is 10.2 Å². The van der Waals surface area contributed by atoms with Gasteiger partial charge in [-0.15, -0.1) is 0 Å². The van der Waals surface area contributed by atoms with Crippen LogP contribution in [0.1, 0.15) is 25.8 Å². The Morgan fingerprint density at radius 2 is 1.65 bits per heavy atom. The van der Waals surface area contributed by atoms with Crippen LogP contribution in [0.3, 0.4) is 0 Å². The molecule has 0 spiro atoms. The molecule has 8 nitrogen and oxygen atoms in total. The van der Waals surface area contributed by atoms with Crippen LogP contribution in [0.2, 0.25) is 0 Å². The minimum atomic E-state index is -3.86. The van der Waals surface area contributed by atoms with Gasteiger partial charge in [-0.1, -0.05) is 56.3 Å². The van der Waals surface area contributed by atoms with Crippen molar-refractivity contribution in [2.45, 2.75) is 31.2 Å². The first-order valence-electron chi connectivity index (χ1n) is 10.8. The number of sulfonamides is 1. The summed E-state index contributed by atoms with van der Waals surface area (Å²) in [6.45, 7) is 4.05. The number of benzene rings is 3. The molecule has 0 unspecified atom stereocenters. The molecular formula is C25H29N5O3S. The molecular weight excluding hydrogens is 450 g/mol. The number of hydrogen-bond donors (Lipinski definition) is 5. The maximum Gasteiger partial charge on any atom is 0.238 e. The third-order valence-electron chi connectivity index (χ3n) is 5.41. The lowest BCUT2D eigenvalue weighted by Crippen LogP contribution is -2.31. The van der Waals surface area contributed by atoms with E-state index >= 15 is 0 Å². The highest BCUT2D eigenvalue weighted by atomic mass is 32.2. The third kappa shape index (κ3) is 6.43. The summed E-state index contributed by atoms with van der Waals surface area (Å²) in [6, 6.07) is 20.5. The van der Waals surface area contributed by atoms with Gasteiger partial charge in [0.25, 0.3) is 0 Å². The molecule has 3 aromatic carbocycles. The van der Waals surface area contributed by atoms with Crippen molar-refractivity contribution in [2.24, 2.45) is 16.8 Å². The highest BCUT2D eigenvalue weighted by molar-refractivity contribution is 7.89. The molecule has 9 heteroatoms. The summed E-state index contributed by atoms with van der Waals surface area (Å²) in [5, 5.41) is 19.2. The van der Waals surface area contributed by atoms with Crippen molar-refractivity contribution in [3.63, 3.8) is 0 Å². The summed E-state index contributed by atoms with van der Waals surface area (Å²) in [5.41, 5.74) is 8.75. The number of nitrogen functional groups attached to an aromatic ring is 1. The molecule has 1 atom stereocenters. The molecule has 0 saturated heterocycles. The Labute approximate surface area is 199 Å². The zero-order chi connectivity index (χ0) is 24.9. The van der Waals surface area contributed by atoms with Gasteiger partial charge in [0.1, 0.15) is 5.84 Å². The Balaban J connectivity index is 1.69. The SMILES string of the molecule is CC(C)[C@H](CC(=O)Nc1ccc(-c2ccccc2S(N)(=O)=O)cc1)Nc1cccc(C(=N)N)c1. The fraction of sp³-hybridized carbons (Fsp3) is 0.200. The molecule has 178 valence electrons. The lowest BCUT2D eigenvalue weighted by Gasteiger charge is -2.23. The molecule has 34 heavy (non-hydrogen) atoms. The van der Waals surface area contributed by atoms with Crippen molar-refractivity contribution >= 4 is 33.1 Å². The monoisotopic (exact) mass is 479 g/mol. The van der Waals surface area contributed by atoms with Gasteiger partial charge in [-0.05, 0) is 41.8 Å². The lowest BCUT2D eigenvalue weighted by atomic mass is 9.99. The molecule has 0 aliphatic rings. The van der Waals surface area contributed by atoms with Gasteiger partial charge >= 0.3 is 0 Å². The highest BCUT2D eigenvalue weighted by Crippen LogP contribution is 2.27. The summed E-state index contributed by atoms with van der Waals surface area (Å²) in [4.78, 5) is 12.8. The Hall–Kier alpha value is -3.69. The Kier molecular flexibility index (Phi) is 7.70. The van der Waals surface area contributed by atoms with Crippen LogP contribution < -0.4 is 21.5 Å². The second-order valence-electron chi connectivity index (χ2n) is 8.36. The first-order chi connectivity index (χ1) is 16.0. The van der Waals surface area contributed by atoms with E-state index in [1.165, 1.54) is 6.07 Å². The number of nitrogens with one attached hydrogen (secondary N) is 3. The van der Waals surface area contributed by atoms with E-state index in [2.05, 4.69) is 10.6 Å². The molecule has 0 fully saturated rings. The minimum absolute atomic E-state index is 0.0161. The number of carbonyl (C=O) groups excluding carboxylic acids is 1. The summed E-state index contributed by atoms with van der Waals surface area (Å²) in [7, 11) is -3.86. The number of nitrogens with two attached hydrogens (primary N) is 2. The standard InChI is InChI=1S/C25H29N5O3S/c1-16(2)22(29-20-7-5-6-18(14-20)25(26)27)15-24(31)30-19-12-10-17(11-13-19)21-8-3-4-9-23(21)34(28,32)33/h3-14,16,22,29H,15H2,1-2H3,(H3,26,27)(H,30,31)(H2,28,32,33)/t22-/m0/s1. The summed E-state index contributed by atoms with van der Waals surface area (Å²) in [6.07, 6.45) is 0.234. The van der Waals surface area contributed by atoms with Gasteiger partial charge in [0.2, 0.25) is 15.9 Å². The van der Waals surface area contributed by atoms with Crippen LogP contribution in [0, 0.1) is 11.3 Å². The number of anilines is 2. The van der Waals surface area contributed by atoms with E-state index in [1.807, 2.05) is 26.0 Å². The number of amidine groups is 1. The second kappa shape index (κ2) is 10.5. The average molecular weight is 480 g/mol. The van der Waals surface area contributed by atoms with Gasteiger partial charge < -0.3 is 16.4 Å². The molecule has 0 saturated carbocycles. The van der Waals surface area contributed by atoms with Gasteiger partial charge in [-0.25, -0.2) is 13.6 Å². The predicted molar refractivity (Wildman–Crippen MR) is 136 cm³/mol. The first kappa shape index (κ1) is 24.9. The van der Waals surface area contributed by atoms with E-state index < -0.39 is 10.0 Å². The van der Waals surface area contributed by atoms with E-state index in [1.54, 1.807) is 54.6 Å². The van der Waals surface area contributed by atoms with Gasteiger partial charge in [0.05, 0.1) is 4.90 Å². The van der Waals surface area contributed by atoms with E-state index in [9.17, 15) is 13.2 Å². The second-order valence-corrected chi connectivity index (χ2v) is 9.89. The summed E-state index contributed by atoms with van der Waals surface area (Å²) >= 11 is 0. The zero-order valence-electron chi connectivity index (χ0n) is 19.1. The average Bonchev–Trinajstić information content (AvgIpc) is 2.78. The van der Waals surface area contributed by atoms with Crippen molar-refractivity contribution < 1.29 is 13.2 Å². The van der Waals surface area contributed by atoms with Crippen LogP contribution in [0.15, 0.2) is 77.7 Å². The smallest absolute Gasteiger partial charge is 0.238 e. The lowest BCUT2D eigenvalue weighted by molar-refractivity contribution is -0.116. The fourth-order valence-corrected chi connectivity index (χ4v) is 4.30. The highest BCUT2D eigenvalue weighted by Gasteiger charge is 2.19. The molecule has 0 bridgehead atoms.